The van der Waals surface area contributed by atoms with Crippen molar-refractivity contribution in [2.75, 3.05) is 5.32 Å². The first kappa shape index (κ1) is 15.0. The zero-order chi connectivity index (χ0) is 15.5. The van der Waals surface area contributed by atoms with E-state index >= 15 is 0 Å². The lowest BCUT2D eigenvalue weighted by atomic mass is 10.1. The van der Waals surface area contributed by atoms with Gasteiger partial charge in [0, 0.05) is 5.56 Å². The Labute approximate surface area is 127 Å². The molecule has 0 radical (unpaired) electrons. The monoisotopic (exact) mass is 301 g/mol. The van der Waals surface area contributed by atoms with Gasteiger partial charge in [-0.2, -0.15) is 9.64 Å². The number of amides is 1. The molecule has 0 spiro atoms. The number of anilines is 1. The van der Waals surface area contributed by atoms with Crippen molar-refractivity contribution < 1.29 is 9.53 Å². The second kappa shape index (κ2) is 5.94. The Balaban J connectivity index is 2.26. The lowest BCUT2D eigenvalue weighted by Crippen LogP contribution is -2.27. The number of carbonyl (C=O) groups excluding carboxylic acids is 1. The van der Waals surface area contributed by atoms with E-state index in [0.717, 1.165) is 17.1 Å². The Morgan fingerprint density at radius 3 is 2.57 bits per heavy atom. The van der Waals surface area contributed by atoms with Crippen molar-refractivity contribution >= 4 is 22.6 Å². The highest BCUT2D eigenvalue weighted by Gasteiger charge is 2.20. The maximum Gasteiger partial charge on any atom is 0.412 e. The average Bonchev–Trinajstić information content (AvgIpc) is 2.80. The number of aromatic nitrogens is 1. The Hall–Kier alpha value is -2.39. The van der Waals surface area contributed by atoms with Crippen LogP contribution in [0.5, 0.6) is 0 Å². The SMILES string of the molecule is CC(C)(C)OC(=O)Nc1snc(-c2ccccc2)c1C#N. The van der Waals surface area contributed by atoms with Crippen LogP contribution < -0.4 is 5.32 Å². The molecule has 2 aromatic rings. The zero-order valence-corrected chi connectivity index (χ0v) is 12.8. The van der Waals surface area contributed by atoms with Gasteiger partial charge in [-0.15, -0.1) is 0 Å². The Morgan fingerprint density at radius 1 is 1.33 bits per heavy atom. The minimum absolute atomic E-state index is 0.344. The highest BCUT2D eigenvalue weighted by molar-refractivity contribution is 7.11. The largest absolute Gasteiger partial charge is 0.444 e. The van der Waals surface area contributed by atoms with E-state index in [2.05, 4.69) is 15.8 Å². The van der Waals surface area contributed by atoms with Crippen molar-refractivity contribution in [3.63, 3.8) is 0 Å². The molecule has 0 aliphatic heterocycles. The third-order valence-electron chi connectivity index (χ3n) is 2.47. The van der Waals surface area contributed by atoms with Gasteiger partial charge in [-0.25, -0.2) is 4.79 Å². The van der Waals surface area contributed by atoms with Crippen LogP contribution in [0, 0.1) is 11.3 Å². The number of hydrogen-bond donors (Lipinski definition) is 1. The van der Waals surface area contributed by atoms with Crippen LogP contribution >= 0.6 is 11.5 Å². The zero-order valence-electron chi connectivity index (χ0n) is 12.0. The van der Waals surface area contributed by atoms with Crippen LogP contribution in [-0.2, 0) is 4.74 Å². The molecule has 0 aliphatic rings. The molecule has 108 valence electrons. The molecule has 0 bridgehead atoms. The number of nitriles is 1. The molecule has 21 heavy (non-hydrogen) atoms. The summed E-state index contributed by atoms with van der Waals surface area (Å²) in [6, 6.07) is 11.5. The summed E-state index contributed by atoms with van der Waals surface area (Å²) < 4.78 is 9.43. The van der Waals surface area contributed by atoms with Crippen LogP contribution in [0.3, 0.4) is 0 Å². The summed E-state index contributed by atoms with van der Waals surface area (Å²) in [5.74, 6) is 0. The number of carbonyl (C=O) groups is 1. The molecule has 2 rings (SSSR count). The smallest absolute Gasteiger partial charge is 0.412 e. The molecule has 1 aromatic carbocycles. The molecule has 1 N–H and O–H groups in total. The summed E-state index contributed by atoms with van der Waals surface area (Å²) in [6.07, 6.45) is -0.595. The summed E-state index contributed by atoms with van der Waals surface area (Å²) in [6.45, 7) is 5.33. The van der Waals surface area contributed by atoms with Crippen molar-refractivity contribution in [1.82, 2.24) is 4.37 Å². The Morgan fingerprint density at radius 2 is 2.00 bits per heavy atom. The van der Waals surface area contributed by atoms with E-state index in [1.807, 2.05) is 30.3 Å². The summed E-state index contributed by atoms with van der Waals surface area (Å²) in [4.78, 5) is 11.8. The predicted octanol–water partition coefficient (Wildman–Crippen LogP) is 4.03. The van der Waals surface area contributed by atoms with Crippen LogP contribution in [0.25, 0.3) is 11.3 Å². The quantitative estimate of drug-likeness (QED) is 0.908. The molecular formula is C15H15N3O2S. The second-order valence-corrected chi connectivity index (χ2v) is 6.11. The van der Waals surface area contributed by atoms with E-state index < -0.39 is 11.7 Å². The molecule has 0 unspecified atom stereocenters. The molecular weight excluding hydrogens is 286 g/mol. The second-order valence-electron chi connectivity index (χ2n) is 5.34. The predicted molar refractivity (Wildman–Crippen MR) is 82.1 cm³/mol. The van der Waals surface area contributed by atoms with E-state index in [4.69, 9.17) is 4.74 Å². The molecule has 0 aliphatic carbocycles. The summed E-state index contributed by atoms with van der Waals surface area (Å²) in [5.41, 5.74) is 1.15. The van der Waals surface area contributed by atoms with Gasteiger partial charge in [-0.3, -0.25) is 5.32 Å². The molecule has 0 saturated carbocycles. The maximum atomic E-state index is 11.8. The van der Waals surface area contributed by atoms with E-state index in [1.165, 1.54) is 0 Å². The first-order valence-corrected chi connectivity index (χ1v) is 7.13. The third-order valence-corrected chi connectivity index (χ3v) is 3.23. The molecule has 0 saturated heterocycles. The van der Waals surface area contributed by atoms with Gasteiger partial charge in [-0.05, 0) is 32.3 Å². The van der Waals surface area contributed by atoms with Gasteiger partial charge in [0.2, 0.25) is 0 Å². The average molecular weight is 301 g/mol. The lowest BCUT2D eigenvalue weighted by Gasteiger charge is -2.19. The fourth-order valence-corrected chi connectivity index (χ4v) is 2.41. The Kier molecular flexibility index (Phi) is 4.24. The summed E-state index contributed by atoms with van der Waals surface area (Å²) >= 11 is 1.07. The number of hydrogen-bond acceptors (Lipinski definition) is 5. The van der Waals surface area contributed by atoms with Gasteiger partial charge in [0.15, 0.2) is 0 Å². The topological polar surface area (TPSA) is 75.0 Å². The van der Waals surface area contributed by atoms with Gasteiger partial charge in [0.25, 0.3) is 0 Å². The van der Waals surface area contributed by atoms with Crippen LogP contribution in [0.4, 0.5) is 9.80 Å². The molecule has 1 heterocycles. The van der Waals surface area contributed by atoms with Crippen LogP contribution in [-0.4, -0.2) is 16.1 Å². The molecule has 1 amide bonds. The van der Waals surface area contributed by atoms with Crippen molar-refractivity contribution in [2.24, 2.45) is 0 Å². The van der Waals surface area contributed by atoms with E-state index in [0.29, 0.717) is 16.3 Å². The van der Waals surface area contributed by atoms with Gasteiger partial charge >= 0.3 is 6.09 Å². The fraction of sp³-hybridized carbons (Fsp3) is 0.267. The molecule has 6 heteroatoms. The highest BCUT2D eigenvalue weighted by Crippen LogP contribution is 2.31. The number of benzene rings is 1. The summed E-state index contributed by atoms with van der Waals surface area (Å²) in [7, 11) is 0. The normalized spacial score (nSPS) is 10.8. The van der Waals surface area contributed by atoms with E-state index in [1.54, 1.807) is 20.8 Å². The lowest BCUT2D eigenvalue weighted by molar-refractivity contribution is 0.0636. The standard InChI is InChI=1S/C15H15N3O2S/c1-15(2,3)20-14(19)17-13-11(9-16)12(18-21-13)10-7-5-4-6-8-10/h4-8H,1-3H3,(H,17,19). The van der Waals surface area contributed by atoms with Crippen molar-refractivity contribution in [3.8, 4) is 17.3 Å². The van der Waals surface area contributed by atoms with Gasteiger partial charge in [0.1, 0.15) is 27.9 Å². The van der Waals surface area contributed by atoms with Crippen LogP contribution in [0.15, 0.2) is 30.3 Å². The molecule has 5 nitrogen and oxygen atoms in total. The first-order valence-electron chi connectivity index (χ1n) is 6.36. The fourth-order valence-electron chi connectivity index (χ4n) is 1.67. The molecule has 0 fully saturated rings. The van der Waals surface area contributed by atoms with Crippen molar-refractivity contribution in [3.05, 3.63) is 35.9 Å². The van der Waals surface area contributed by atoms with E-state index in [-0.39, 0.29) is 0 Å². The minimum Gasteiger partial charge on any atom is -0.444 e. The summed E-state index contributed by atoms with van der Waals surface area (Å²) in [5, 5.41) is 12.3. The van der Waals surface area contributed by atoms with E-state index in [9.17, 15) is 10.1 Å². The number of nitrogens with zero attached hydrogens (tertiary/aromatic N) is 2. The molecule has 1 aromatic heterocycles. The number of nitrogens with one attached hydrogen (secondary N) is 1. The number of rotatable bonds is 2. The highest BCUT2D eigenvalue weighted by atomic mass is 32.1. The minimum atomic E-state index is -0.595. The van der Waals surface area contributed by atoms with Crippen molar-refractivity contribution in [2.45, 2.75) is 26.4 Å². The number of ether oxygens (including phenoxy) is 1. The van der Waals surface area contributed by atoms with Gasteiger partial charge in [0.05, 0.1) is 0 Å². The van der Waals surface area contributed by atoms with Gasteiger partial charge < -0.3 is 4.74 Å². The first-order chi connectivity index (χ1) is 9.90. The Bertz CT molecular complexity index is 681. The maximum absolute atomic E-state index is 11.8. The van der Waals surface area contributed by atoms with Crippen LogP contribution in [0.2, 0.25) is 0 Å². The van der Waals surface area contributed by atoms with Crippen LogP contribution in [0.1, 0.15) is 26.3 Å². The molecule has 0 atom stereocenters. The van der Waals surface area contributed by atoms with Gasteiger partial charge in [-0.1, -0.05) is 30.3 Å². The third kappa shape index (κ3) is 3.80. The van der Waals surface area contributed by atoms with Crippen molar-refractivity contribution in [1.29, 1.82) is 5.26 Å².